The lowest BCUT2D eigenvalue weighted by molar-refractivity contribution is -0.130. The van der Waals surface area contributed by atoms with Gasteiger partial charge in [-0.05, 0) is 42.5 Å². The van der Waals surface area contributed by atoms with Crippen LogP contribution in [0.1, 0.15) is 11.5 Å². The molecule has 0 saturated carbocycles. The van der Waals surface area contributed by atoms with Gasteiger partial charge in [0.1, 0.15) is 17.1 Å². The van der Waals surface area contributed by atoms with E-state index in [4.69, 9.17) is 8.83 Å². The molecule has 3 heterocycles. The number of carbonyl (C=O) groups is 3. The van der Waals surface area contributed by atoms with Crippen LogP contribution >= 0.6 is 11.8 Å². The van der Waals surface area contributed by atoms with E-state index in [1.807, 2.05) is 30.3 Å². The van der Waals surface area contributed by atoms with E-state index >= 15 is 0 Å². The lowest BCUT2D eigenvalue weighted by atomic mass is 10.1. The highest BCUT2D eigenvalue weighted by molar-refractivity contribution is 7.99. The van der Waals surface area contributed by atoms with Crippen molar-refractivity contribution >= 4 is 35.7 Å². The summed E-state index contributed by atoms with van der Waals surface area (Å²) in [5.74, 6) is -0.709. The number of carbonyl (C=O) groups excluding carboxylic acids is 3. The fourth-order valence-electron chi connectivity index (χ4n) is 2.61. The molecule has 0 unspecified atom stereocenters. The maximum atomic E-state index is 12.7. The van der Waals surface area contributed by atoms with Gasteiger partial charge < -0.3 is 8.83 Å². The van der Waals surface area contributed by atoms with Gasteiger partial charge in [0.2, 0.25) is 0 Å². The van der Waals surface area contributed by atoms with E-state index in [0.717, 1.165) is 9.80 Å². The van der Waals surface area contributed by atoms with Crippen LogP contribution in [0.4, 0.5) is 4.79 Å². The lowest BCUT2D eigenvalue weighted by Crippen LogP contribution is -2.53. The topological polar surface area (TPSA) is 92.8 Å². The van der Waals surface area contributed by atoms with Crippen molar-refractivity contribution in [2.24, 2.45) is 0 Å². The molecule has 4 rings (SSSR count). The molecule has 0 aliphatic carbocycles. The Morgan fingerprint density at radius 2 is 1.82 bits per heavy atom. The normalized spacial score (nSPS) is 15.9. The van der Waals surface area contributed by atoms with Crippen molar-refractivity contribution < 1.29 is 23.2 Å². The second-order valence-electron chi connectivity index (χ2n) is 5.86. The van der Waals surface area contributed by atoms with Crippen LogP contribution in [-0.2, 0) is 16.1 Å². The lowest BCUT2D eigenvalue weighted by Gasteiger charge is -2.25. The standard InChI is InChI=1S/C20H14N2O5S/c23-18-16(19(24)22(20(25)21-18)12-14-5-4-10-26-14)11-13-8-9-17(27-13)28-15-6-2-1-3-7-15/h1-11H,12H2,(H,21,23,25)/b16-11+. The molecule has 2 aromatic heterocycles. The zero-order valence-corrected chi connectivity index (χ0v) is 15.3. The molecule has 1 fully saturated rings. The van der Waals surface area contributed by atoms with Crippen LogP contribution in [0.5, 0.6) is 0 Å². The molecule has 8 heteroatoms. The molecule has 3 aromatic rings. The van der Waals surface area contributed by atoms with Gasteiger partial charge in [0.15, 0.2) is 5.09 Å². The molecule has 0 bridgehead atoms. The van der Waals surface area contributed by atoms with Gasteiger partial charge in [0.05, 0.1) is 12.8 Å². The van der Waals surface area contributed by atoms with Crippen LogP contribution in [0, 0.1) is 0 Å². The highest BCUT2D eigenvalue weighted by atomic mass is 32.2. The van der Waals surface area contributed by atoms with E-state index in [9.17, 15) is 14.4 Å². The van der Waals surface area contributed by atoms with E-state index in [2.05, 4.69) is 5.32 Å². The second kappa shape index (κ2) is 7.61. The van der Waals surface area contributed by atoms with Crippen molar-refractivity contribution in [3.8, 4) is 0 Å². The first-order valence-electron chi connectivity index (χ1n) is 8.34. The minimum Gasteiger partial charge on any atom is -0.467 e. The van der Waals surface area contributed by atoms with E-state index in [0.29, 0.717) is 16.6 Å². The number of hydrogen-bond acceptors (Lipinski definition) is 6. The number of urea groups is 1. The smallest absolute Gasteiger partial charge is 0.331 e. The Bertz CT molecular complexity index is 1050. The molecule has 7 nitrogen and oxygen atoms in total. The minimum atomic E-state index is -0.789. The van der Waals surface area contributed by atoms with Crippen molar-refractivity contribution in [2.45, 2.75) is 16.5 Å². The van der Waals surface area contributed by atoms with Crippen molar-refractivity contribution in [1.29, 1.82) is 0 Å². The first-order valence-corrected chi connectivity index (χ1v) is 9.16. The Labute approximate surface area is 164 Å². The molecule has 28 heavy (non-hydrogen) atoms. The summed E-state index contributed by atoms with van der Waals surface area (Å²) < 4.78 is 10.9. The third-order valence-electron chi connectivity index (χ3n) is 3.93. The van der Waals surface area contributed by atoms with Gasteiger partial charge in [-0.3, -0.25) is 19.8 Å². The predicted octanol–water partition coefficient (Wildman–Crippen LogP) is 3.69. The van der Waals surface area contributed by atoms with Crippen molar-refractivity contribution in [3.63, 3.8) is 0 Å². The summed E-state index contributed by atoms with van der Waals surface area (Å²) in [6.07, 6.45) is 2.77. The van der Waals surface area contributed by atoms with E-state index in [-0.39, 0.29) is 12.1 Å². The SMILES string of the molecule is O=C1NC(=O)N(Cc2ccco2)C(=O)/C1=C/c1ccc(Sc2ccccc2)o1. The zero-order valence-electron chi connectivity index (χ0n) is 14.5. The van der Waals surface area contributed by atoms with Gasteiger partial charge in [-0.25, -0.2) is 4.79 Å². The Hall–Kier alpha value is -3.52. The number of amides is 4. The minimum absolute atomic E-state index is 0.0739. The molecule has 1 aliphatic rings. The number of hydrogen-bond donors (Lipinski definition) is 1. The average Bonchev–Trinajstić information content (AvgIpc) is 3.35. The Balaban J connectivity index is 1.55. The van der Waals surface area contributed by atoms with Crippen LogP contribution in [0.3, 0.4) is 0 Å². The summed E-state index contributed by atoms with van der Waals surface area (Å²) in [6.45, 7) is -0.0739. The van der Waals surface area contributed by atoms with Gasteiger partial charge in [-0.15, -0.1) is 0 Å². The molecule has 0 spiro atoms. The molecule has 1 N–H and O–H groups in total. The largest absolute Gasteiger partial charge is 0.467 e. The number of imide groups is 2. The Morgan fingerprint density at radius 1 is 1.00 bits per heavy atom. The van der Waals surface area contributed by atoms with Gasteiger partial charge in [0, 0.05) is 4.90 Å². The summed E-state index contributed by atoms with van der Waals surface area (Å²) in [5, 5.41) is 2.78. The van der Waals surface area contributed by atoms with Crippen LogP contribution < -0.4 is 5.32 Å². The molecule has 1 aliphatic heterocycles. The van der Waals surface area contributed by atoms with Crippen LogP contribution in [0.2, 0.25) is 0 Å². The summed E-state index contributed by atoms with van der Waals surface area (Å²) in [5.41, 5.74) is -0.184. The highest BCUT2D eigenvalue weighted by Crippen LogP contribution is 2.30. The monoisotopic (exact) mass is 394 g/mol. The van der Waals surface area contributed by atoms with Crippen molar-refractivity contribution in [1.82, 2.24) is 10.2 Å². The predicted molar refractivity (Wildman–Crippen MR) is 100 cm³/mol. The number of benzene rings is 1. The third kappa shape index (κ3) is 3.77. The fourth-order valence-corrected chi connectivity index (χ4v) is 3.41. The highest BCUT2D eigenvalue weighted by Gasteiger charge is 2.36. The number of furan rings is 2. The molecule has 0 radical (unpaired) electrons. The summed E-state index contributed by atoms with van der Waals surface area (Å²) in [7, 11) is 0. The molecule has 4 amide bonds. The van der Waals surface area contributed by atoms with Crippen LogP contribution in [0.25, 0.3) is 6.08 Å². The maximum Gasteiger partial charge on any atom is 0.331 e. The quantitative estimate of drug-likeness (QED) is 0.524. The first-order chi connectivity index (χ1) is 13.6. The summed E-state index contributed by atoms with van der Waals surface area (Å²) in [4.78, 5) is 38.7. The maximum absolute atomic E-state index is 12.7. The van der Waals surface area contributed by atoms with E-state index in [1.54, 1.807) is 24.3 Å². The first kappa shape index (κ1) is 17.9. The number of nitrogens with zero attached hydrogens (tertiary/aromatic N) is 1. The van der Waals surface area contributed by atoms with Crippen molar-refractivity contribution in [3.05, 3.63) is 78.0 Å². The molecule has 0 atom stereocenters. The number of nitrogens with one attached hydrogen (secondary N) is 1. The van der Waals surface area contributed by atoms with Gasteiger partial charge in [-0.2, -0.15) is 0 Å². The van der Waals surface area contributed by atoms with Crippen LogP contribution in [-0.4, -0.2) is 22.7 Å². The fraction of sp³-hybridized carbons (Fsp3) is 0.0500. The average molecular weight is 394 g/mol. The number of rotatable bonds is 5. The second-order valence-corrected chi connectivity index (χ2v) is 6.94. The number of barbiturate groups is 1. The van der Waals surface area contributed by atoms with Crippen molar-refractivity contribution in [2.75, 3.05) is 0 Å². The Morgan fingerprint density at radius 3 is 2.57 bits per heavy atom. The van der Waals surface area contributed by atoms with Gasteiger partial charge in [0.25, 0.3) is 11.8 Å². The molecule has 1 saturated heterocycles. The van der Waals surface area contributed by atoms with Gasteiger partial charge in [-0.1, -0.05) is 30.0 Å². The van der Waals surface area contributed by atoms with E-state index < -0.39 is 17.8 Å². The molecule has 140 valence electrons. The summed E-state index contributed by atoms with van der Waals surface area (Å²) in [6, 6.07) is 15.6. The molecular formula is C20H14N2O5S. The zero-order chi connectivity index (χ0) is 19.5. The van der Waals surface area contributed by atoms with E-state index in [1.165, 1.54) is 24.1 Å². The van der Waals surface area contributed by atoms with Gasteiger partial charge >= 0.3 is 6.03 Å². The third-order valence-corrected chi connectivity index (χ3v) is 4.86. The summed E-state index contributed by atoms with van der Waals surface area (Å²) >= 11 is 1.42. The van der Waals surface area contributed by atoms with Crippen LogP contribution in [0.15, 0.2) is 85.3 Å². The molecular weight excluding hydrogens is 380 g/mol. The molecule has 1 aromatic carbocycles. The Kier molecular flexibility index (Phi) is 4.86.